The molecule has 0 aromatic heterocycles. The summed E-state index contributed by atoms with van der Waals surface area (Å²) in [5.41, 5.74) is 1.52. The maximum absolute atomic E-state index is 13.1. The van der Waals surface area contributed by atoms with E-state index >= 15 is 0 Å². The Balaban J connectivity index is 1.86. The van der Waals surface area contributed by atoms with Gasteiger partial charge in [-0.2, -0.15) is 0 Å². The van der Waals surface area contributed by atoms with E-state index in [0.29, 0.717) is 17.8 Å². The van der Waals surface area contributed by atoms with Crippen molar-refractivity contribution in [2.75, 3.05) is 11.9 Å². The monoisotopic (exact) mass is 390 g/mol. The topological polar surface area (TPSA) is 75.3 Å². The average Bonchev–Trinajstić information content (AvgIpc) is 2.74. The third kappa shape index (κ3) is 4.73. The van der Waals surface area contributed by atoms with Crippen molar-refractivity contribution in [2.45, 2.75) is 6.92 Å². The van der Waals surface area contributed by atoms with E-state index in [9.17, 15) is 18.8 Å². The van der Waals surface area contributed by atoms with Crippen LogP contribution in [0.25, 0.3) is 0 Å². The van der Waals surface area contributed by atoms with Gasteiger partial charge in [0, 0.05) is 28.9 Å². The van der Waals surface area contributed by atoms with Gasteiger partial charge >= 0.3 is 0 Å². The van der Waals surface area contributed by atoms with E-state index < -0.39 is 11.7 Å². The van der Waals surface area contributed by atoms with Crippen molar-refractivity contribution >= 4 is 23.3 Å². The maximum atomic E-state index is 13.1. The molecular weight excluding hydrogens is 371 g/mol. The summed E-state index contributed by atoms with van der Waals surface area (Å²) < 4.78 is 13.1. The molecule has 3 rings (SSSR count). The van der Waals surface area contributed by atoms with E-state index in [1.165, 1.54) is 24.3 Å². The molecule has 0 aliphatic rings. The highest BCUT2D eigenvalue weighted by atomic mass is 19.1. The van der Waals surface area contributed by atoms with Crippen molar-refractivity contribution in [1.82, 2.24) is 5.32 Å². The number of ketones is 1. The van der Waals surface area contributed by atoms with E-state index in [1.807, 2.05) is 6.92 Å². The summed E-state index contributed by atoms with van der Waals surface area (Å²) in [7, 11) is 0. The molecule has 2 amide bonds. The number of carbonyl (C=O) groups excluding carboxylic acids is 3. The standard InChI is InChI=1S/C23H19FN2O3/c1-2-25-22(28)16-6-5-7-18(14-16)26-23(29)20-9-4-3-8-19(20)21(27)15-10-12-17(24)13-11-15/h3-14H,2H2,1H3,(H,25,28)(H,26,29). The fourth-order valence-electron chi connectivity index (χ4n) is 2.84. The average molecular weight is 390 g/mol. The van der Waals surface area contributed by atoms with Crippen molar-refractivity contribution < 1.29 is 18.8 Å². The number of anilines is 1. The van der Waals surface area contributed by atoms with Gasteiger partial charge in [0.2, 0.25) is 0 Å². The Morgan fingerprint density at radius 2 is 1.48 bits per heavy atom. The van der Waals surface area contributed by atoms with Crippen LogP contribution in [0.15, 0.2) is 72.8 Å². The molecule has 0 aliphatic carbocycles. The Hall–Kier alpha value is -3.80. The Morgan fingerprint density at radius 1 is 0.793 bits per heavy atom. The first-order chi connectivity index (χ1) is 14.0. The van der Waals surface area contributed by atoms with Crippen LogP contribution in [-0.4, -0.2) is 24.1 Å². The molecule has 3 aromatic carbocycles. The zero-order valence-corrected chi connectivity index (χ0v) is 15.7. The molecule has 29 heavy (non-hydrogen) atoms. The van der Waals surface area contributed by atoms with Crippen molar-refractivity contribution in [3.05, 3.63) is 101 Å². The zero-order valence-electron chi connectivity index (χ0n) is 15.7. The molecule has 0 fully saturated rings. The molecule has 0 atom stereocenters. The Kier molecular flexibility index (Phi) is 6.14. The second-order valence-electron chi connectivity index (χ2n) is 6.28. The van der Waals surface area contributed by atoms with Crippen molar-refractivity contribution in [1.29, 1.82) is 0 Å². The van der Waals surface area contributed by atoms with E-state index in [-0.39, 0.29) is 28.4 Å². The minimum Gasteiger partial charge on any atom is -0.352 e. The predicted molar refractivity (Wildman–Crippen MR) is 109 cm³/mol. The minimum atomic E-state index is -0.482. The molecule has 0 radical (unpaired) electrons. The summed E-state index contributed by atoms with van der Waals surface area (Å²) in [6, 6.07) is 18.1. The maximum Gasteiger partial charge on any atom is 0.256 e. The van der Waals surface area contributed by atoms with Gasteiger partial charge in [0.1, 0.15) is 5.82 Å². The van der Waals surface area contributed by atoms with Gasteiger partial charge in [-0.1, -0.05) is 24.3 Å². The van der Waals surface area contributed by atoms with Crippen LogP contribution in [0.4, 0.5) is 10.1 Å². The molecule has 0 saturated heterocycles. The van der Waals surface area contributed by atoms with E-state index in [1.54, 1.807) is 48.5 Å². The number of hydrogen-bond acceptors (Lipinski definition) is 3. The molecule has 0 spiro atoms. The summed E-state index contributed by atoms with van der Waals surface area (Å²) in [6.07, 6.45) is 0. The molecule has 3 aromatic rings. The van der Waals surface area contributed by atoms with Gasteiger partial charge in [0.25, 0.3) is 11.8 Å². The van der Waals surface area contributed by atoms with Crippen LogP contribution in [-0.2, 0) is 0 Å². The molecule has 0 saturated carbocycles. The van der Waals surface area contributed by atoms with Gasteiger partial charge in [0.15, 0.2) is 5.78 Å². The zero-order chi connectivity index (χ0) is 20.8. The largest absolute Gasteiger partial charge is 0.352 e. The first-order valence-corrected chi connectivity index (χ1v) is 9.08. The number of nitrogens with one attached hydrogen (secondary N) is 2. The number of rotatable bonds is 6. The van der Waals surface area contributed by atoms with Crippen molar-refractivity contribution in [3.8, 4) is 0 Å². The summed E-state index contributed by atoms with van der Waals surface area (Å²) in [6.45, 7) is 2.31. The third-order valence-corrected chi connectivity index (χ3v) is 4.24. The van der Waals surface area contributed by atoms with E-state index in [4.69, 9.17) is 0 Å². The van der Waals surface area contributed by atoms with Gasteiger partial charge in [-0.15, -0.1) is 0 Å². The van der Waals surface area contributed by atoms with Crippen LogP contribution >= 0.6 is 0 Å². The van der Waals surface area contributed by atoms with Crippen molar-refractivity contribution in [3.63, 3.8) is 0 Å². The lowest BCUT2D eigenvalue weighted by atomic mass is 9.98. The SMILES string of the molecule is CCNC(=O)c1cccc(NC(=O)c2ccccc2C(=O)c2ccc(F)cc2)c1. The second-order valence-corrected chi connectivity index (χ2v) is 6.28. The van der Waals surface area contributed by atoms with Crippen LogP contribution in [0, 0.1) is 5.82 Å². The molecule has 146 valence electrons. The molecule has 2 N–H and O–H groups in total. The molecule has 0 heterocycles. The fourth-order valence-corrected chi connectivity index (χ4v) is 2.84. The number of carbonyl (C=O) groups is 3. The van der Waals surface area contributed by atoms with E-state index in [2.05, 4.69) is 10.6 Å². The van der Waals surface area contributed by atoms with Gasteiger partial charge in [-0.3, -0.25) is 14.4 Å². The number of amides is 2. The van der Waals surface area contributed by atoms with Crippen LogP contribution in [0.2, 0.25) is 0 Å². The molecule has 0 bridgehead atoms. The Labute approximate surface area is 167 Å². The summed E-state index contributed by atoms with van der Waals surface area (Å²) in [5.74, 6) is -1.55. The van der Waals surface area contributed by atoms with Crippen LogP contribution in [0.3, 0.4) is 0 Å². The molecule has 5 nitrogen and oxygen atoms in total. The Morgan fingerprint density at radius 3 is 2.17 bits per heavy atom. The fraction of sp³-hybridized carbons (Fsp3) is 0.0870. The summed E-state index contributed by atoms with van der Waals surface area (Å²) in [5, 5.41) is 5.42. The third-order valence-electron chi connectivity index (χ3n) is 4.24. The molecule has 0 unspecified atom stereocenters. The molecule has 6 heteroatoms. The van der Waals surface area contributed by atoms with Crippen molar-refractivity contribution in [2.24, 2.45) is 0 Å². The number of halogens is 1. The quantitative estimate of drug-likeness (QED) is 0.624. The minimum absolute atomic E-state index is 0.185. The highest BCUT2D eigenvalue weighted by Gasteiger charge is 2.18. The highest BCUT2D eigenvalue weighted by molar-refractivity contribution is 6.17. The van der Waals surface area contributed by atoms with Crippen LogP contribution < -0.4 is 10.6 Å². The van der Waals surface area contributed by atoms with Gasteiger partial charge in [-0.25, -0.2) is 4.39 Å². The normalized spacial score (nSPS) is 10.3. The van der Waals surface area contributed by atoms with Gasteiger partial charge in [-0.05, 0) is 55.5 Å². The van der Waals surface area contributed by atoms with Crippen LogP contribution in [0.1, 0.15) is 43.6 Å². The molecule has 0 aliphatic heterocycles. The van der Waals surface area contributed by atoms with Crippen LogP contribution in [0.5, 0.6) is 0 Å². The predicted octanol–water partition coefficient (Wildman–Crippen LogP) is 4.06. The lowest BCUT2D eigenvalue weighted by Crippen LogP contribution is -2.23. The summed E-state index contributed by atoms with van der Waals surface area (Å²) >= 11 is 0. The first-order valence-electron chi connectivity index (χ1n) is 9.08. The second kappa shape index (κ2) is 8.93. The lowest BCUT2D eigenvalue weighted by Gasteiger charge is -2.11. The molecular formula is C23H19FN2O3. The van der Waals surface area contributed by atoms with E-state index in [0.717, 1.165) is 0 Å². The van der Waals surface area contributed by atoms with Gasteiger partial charge < -0.3 is 10.6 Å². The Bertz CT molecular complexity index is 1060. The lowest BCUT2D eigenvalue weighted by molar-refractivity contribution is 0.0954. The first kappa shape index (κ1) is 19.9. The summed E-state index contributed by atoms with van der Waals surface area (Å²) in [4.78, 5) is 37.6. The number of benzene rings is 3. The smallest absolute Gasteiger partial charge is 0.256 e. The van der Waals surface area contributed by atoms with Gasteiger partial charge in [0.05, 0.1) is 5.56 Å². The number of hydrogen-bond donors (Lipinski definition) is 2. The highest BCUT2D eigenvalue weighted by Crippen LogP contribution is 2.18.